The molecule has 0 radical (unpaired) electrons. The van der Waals surface area contributed by atoms with Crippen molar-refractivity contribution in [3.63, 3.8) is 0 Å². The number of benzene rings is 1. The fraction of sp³-hybridized carbons (Fsp3) is 0.250. The standard InChI is InChI=1S/C16H18N2O3/c1-18(11-12-5-3-7-14(9-12)21-2)15(16(19)20)13-6-4-8-17-10-13/h3-10,15H,11H2,1-2H3,(H,19,20). The van der Waals surface area contributed by atoms with Crippen molar-refractivity contribution in [2.45, 2.75) is 12.6 Å². The maximum Gasteiger partial charge on any atom is 0.325 e. The third-order valence-electron chi connectivity index (χ3n) is 3.24. The van der Waals surface area contributed by atoms with Gasteiger partial charge in [0.2, 0.25) is 0 Å². The molecule has 0 saturated heterocycles. The average molecular weight is 286 g/mol. The van der Waals surface area contributed by atoms with E-state index in [-0.39, 0.29) is 0 Å². The molecule has 0 bridgehead atoms. The molecule has 0 aliphatic heterocycles. The van der Waals surface area contributed by atoms with Gasteiger partial charge in [-0.25, -0.2) is 0 Å². The third-order valence-corrected chi connectivity index (χ3v) is 3.24. The molecule has 21 heavy (non-hydrogen) atoms. The van der Waals surface area contributed by atoms with Crippen LogP contribution in [0, 0.1) is 0 Å². The second-order valence-corrected chi connectivity index (χ2v) is 4.79. The highest BCUT2D eigenvalue weighted by molar-refractivity contribution is 5.75. The van der Waals surface area contributed by atoms with Crippen LogP contribution < -0.4 is 4.74 Å². The van der Waals surface area contributed by atoms with Gasteiger partial charge in [0.15, 0.2) is 0 Å². The summed E-state index contributed by atoms with van der Waals surface area (Å²) >= 11 is 0. The second kappa shape index (κ2) is 6.85. The van der Waals surface area contributed by atoms with Gasteiger partial charge >= 0.3 is 5.97 Å². The van der Waals surface area contributed by atoms with Crippen LogP contribution in [0.1, 0.15) is 17.2 Å². The van der Waals surface area contributed by atoms with Gasteiger partial charge in [-0.15, -0.1) is 0 Å². The van der Waals surface area contributed by atoms with Gasteiger partial charge in [0, 0.05) is 18.9 Å². The van der Waals surface area contributed by atoms with Crippen molar-refractivity contribution in [1.82, 2.24) is 9.88 Å². The quantitative estimate of drug-likeness (QED) is 0.883. The summed E-state index contributed by atoms with van der Waals surface area (Å²) in [6.07, 6.45) is 3.21. The number of hydrogen-bond acceptors (Lipinski definition) is 4. The highest BCUT2D eigenvalue weighted by Gasteiger charge is 2.24. The maximum atomic E-state index is 11.6. The molecule has 1 unspecified atom stereocenters. The number of aromatic nitrogens is 1. The third kappa shape index (κ3) is 3.79. The number of carboxylic acids is 1. The number of pyridine rings is 1. The number of nitrogens with zero attached hydrogens (tertiary/aromatic N) is 2. The predicted octanol–water partition coefficient (Wildman–Crippen LogP) is 2.35. The first-order valence-corrected chi connectivity index (χ1v) is 6.57. The van der Waals surface area contributed by atoms with E-state index in [1.54, 1.807) is 43.6 Å². The lowest BCUT2D eigenvalue weighted by Gasteiger charge is -2.24. The summed E-state index contributed by atoms with van der Waals surface area (Å²) in [6, 6.07) is 10.4. The van der Waals surface area contributed by atoms with E-state index in [1.807, 2.05) is 24.3 Å². The van der Waals surface area contributed by atoms with Gasteiger partial charge in [0.25, 0.3) is 0 Å². The van der Waals surface area contributed by atoms with Crippen molar-refractivity contribution in [3.05, 3.63) is 59.9 Å². The van der Waals surface area contributed by atoms with E-state index in [1.165, 1.54) is 0 Å². The number of rotatable bonds is 6. The molecule has 1 aromatic carbocycles. The Balaban J connectivity index is 2.19. The van der Waals surface area contributed by atoms with Crippen LogP contribution in [-0.2, 0) is 11.3 Å². The van der Waals surface area contributed by atoms with Crippen molar-refractivity contribution >= 4 is 5.97 Å². The van der Waals surface area contributed by atoms with Gasteiger partial charge in [-0.1, -0.05) is 18.2 Å². The molecule has 5 heteroatoms. The largest absolute Gasteiger partial charge is 0.497 e. The van der Waals surface area contributed by atoms with E-state index in [0.29, 0.717) is 12.1 Å². The Hall–Kier alpha value is -2.40. The van der Waals surface area contributed by atoms with E-state index in [0.717, 1.165) is 11.3 Å². The molecule has 110 valence electrons. The highest BCUT2D eigenvalue weighted by Crippen LogP contribution is 2.22. The monoisotopic (exact) mass is 286 g/mol. The van der Waals surface area contributed by atoms with Crippen LogP contribution >= 0.6 is 0 Å². The number of hydrogen-bond donors (Lipinski definition) is 1. The second-order valence-electron chi connectivity index (χ2n) is 4.79. The van der Waals surface area contributed by atoms with E-state index in [4.69, 9.17) is 4.74 Å². The Kier molecular flexibility index (Phi) is 4.90. The lowest BCUT2D eigenvalue weighted by molar-refractivity contribution is -0.143. The summed E-state index contributed by atoms with van der Waals surface area (Å²) in [4.78, 5) is 17.3. The molecule has 0 aliphatic carbocycles. The first kappa shape index (κ1) is 15.0. The first-order chi connectivity index (χ1) is 10.1. The van der Waals surface area contributed by atoms with Crippen LogP contribution in [0.25, 0.3) is 0 Å². The topological polar surface area (TPSA) is 62.7 Å². The molecule has 0 spiro atoms. The molecule has 1 heterocycles. The zero-order valence-corrected chi connectivity index (χ0v) is 12.1. The van der Waals surface area contributed by atoms with Crippen LogP contribution in [0.15, 0.2) is 48.8 Å². The van der Waals surface area contributed by atoms with E-state index in [9.17, 15) is 9.90 Å². The maximum absolute atomic E-state index is 11.6. The van der Waals surface area contributed by atoms with Crippen LogP contribution in [0.4, 0.5) is 0 Å². The molecule has 0 fully saturated rings. The molecule has 0 aliphatic rings. The van der Waals surface area contributed by atoms with Crippen LogP contribution in [0.3, 0.4) is 0 Å². The number of ether oxygens (including phenoxy) is 1. The summed E-state index contributed by atoms with van der Waals surface area (Å²) in [7, 11) is 3.39. The Morgan fingerprint density at radius 1 is 1.38 bits per heavy atom. The lowest BCUT2D eigenvalue weighted by atomic mass is 10.1. The normalized spacial score (nSPS) is 12.1. The minimum atomic E-state index is -0.895. The Labute approximate surface area is 123 Å². The number of carbonyl (C=O) groups is 1. The van der Waals surface area contributed by atoms with Crippen LogP contribution in [-0.4, -0.2) is 35.1 Å². The number of aliphatic carboxylic acids is 1. The SMILES string of the molecule is COc1cccc(CN(C)C(C(=O)O)c2cccnc2)c1. The van der Waals surface area contributed by atoms with Crippen molar-refractivity contribution < 1.29 is 14.6 Å². The predicted molar refractivity (Wildman–Crippen MR) is 79.1 cm³/mol. The molecule has 5 nitrogen and oxygen atoms in total. The van der Waals surface area contributed by atoms with Crippen molar-refractivity contribution in [2.75, 3.05) is 14.2 Å². The fourth-order valence-corrected chi connectivity index (χ4v) is 2.27. The molecule has 1 aromatic heterocycles. The van der Waals surface area contributed by atoms with E-state index < -0.39 is 12.0 Å². The van der Waals surface area contributed by atoms with Gasteiger partial charge in [-0.3, -0.25) is 14.7 Å². The summed E-state index contributed by atoms with van der Waals surface area (Å²) < 4.78 is 5.18. The van der Waals surface area contributed by atoms with E-state index >= 15 is 0 Å². The number of likely N-dealkylation sites (N-methyl/N-ethyl adjacent to an activating group) is 1. The minimum Gasteiger partial charge on any atom is -0.497 e. The van der Waals surface area contributed by atoms with Gasteiger partial charge < -0.3 is 9.84 Å². The Bertz CT molecular complexity index is 601. The van der Waals surface area contributed by atoms with Crippen molar-refractivity contribution in [1.29, 1.82) is 0 Å². The van der Waals surface area contributed by atoms with Crippen LogP contribution in [0.2, 0.25) is 0 Å². The summed E-state index contributed by atoms with van der Waals surface area (Å²) in [5.41, 5.74) is 1.65. The molecule has 0 amide bonds. The molecule has 1 atom stereocenters. The first-order valence-electron chi connectivity index (χ1n) is 6.57. The van der Waals surface area contributed by atoms with Gasteiger partial charge in [0.1, 0.15) is 11.8 Å². The Morgan fingerprint density at radius 3 is 2.81 bits per heavy atom. The molecule has 2 rings (SSSR count). The summed E-state index contributed by atoms with van der Waals surface area (Å²) in [5.74, 6) is -0.137. The van der Waals surface area contributed by atoms with Gasteiger partial charge in [0.05, 0.1) is 7.11 Å². The van der Waals surface area contributed by atoms with Crippen molar-refractivity contribution in [2.24, 2.45) is 0 Å². The van der Waals surface area contributed by atoms with Gasteiger partial charge in [-0.2, -0.15) is 0 Å². The lowest BCUT2D eigenvalue weighted by Crippen LogP contribution is -2.30. The molecule has 1 N–H and O–H groups in total. The fourth-order valence-electron chi connectivity index (χ4n) is 2.27. The highest BCUT2D eigenvalue weighted by atomic mass is 16.5. The number of carboxylic acid groups (broad SMARTS) is 1. The van der Waals surface area contributed by atoms with E-state index in [2.05, 4.69) is 4.98 Å². The molecular weight excluding hydrogens is 268 g/mol. The summed E-state index contributed by atoms with van der Waals surface area (Å²) in [6.45, 7) is 0.503. The minimum absolute atomic E-state index is 0.503. The molecule has 0 saturated carbocycles. The molecular formula is C16H18N2O3. The number of methoxy groups -OCH3 is 1. The zero-order chi connectivity index (χ0) is 15.2. The molecule has 2 aromatic rings. The van der Waals surface area contributed by atoms with Gasteiger partial charge in [-0.05, 0) is 36.4 Å². The zero-order valence-electron chi connectivity index (χ0n) is 12.1. The van der Waals surface area contributed by atoms with Crippen molar-refractivity contribution in [3.8, 4) is 5.75 Å². The summed E-state index contributed by atoms with van der Waals surface area (Å²) in [5, 5.41) is 9.48. The van der Waals surface area contributed by atoms with Crippen LogP contribution in [0.5, 0.6) is 5.75 Å². The smallest absolute Gasteiger partial charge is 0.325 e. The Morgan fingerprint density at radius 2 is 2.19 bits per heavy atom. The average Bonchev–Trinajstić information content (AvgIpc) is 2.48.